The fourth-order valence-corrected chi connectivity index (χ4v) is 5.30. The molecule has 0 aliphatic heterocycles. The number of carbonyl (C=O) groups excluding carboxylic acids is 2. The van der Waals surface area contributed by atoms with Crippen LogP contribution in [0.4, 0.5) is 0 Å². The molecule has 2 aliphatic rings. The molecular weight excluding hydrogens is 364 g/mol. The van der Waals surface area contributed by atoms with Crippen LogP contribution in [0.15, 0.2) is 30.3 Å². The Morgan fingerprint density at radius 1 is 0.966 bits per heavy atom. The number of ether oxygens (including phenoxy) is 1. The van der Waals surface area contributed by atoms with Crippen LogP contribution < -0.4 is 4.74 Å². The van der Waals surface area contributed by atoms with Crippen molar-refractivity contribution in [3.05, 3.63) is 35.9 Å². The smallest absolute Gasteiger partial charge is 0.314 e. The molecule has 0 saturated heterocycles. The molecule has 4 rings (SSSR count). The third-order valence-corrected chi connectivity index (χ3v) is 7.18. The number of phenolic OH excluding ortho intramolecular Hbond substituents is 1. The summed E-state index contributed by atoms with van der Waals surface area (Å²) in [6.07, 6.45) is 9.94. The van der Waals surface area contributed by atoms with Crippen LogP contribution in [0, 0.1) is 23.7 Å². The number of carbonyl (C=O) groups is 2. The summed E-state index contributed by atoms with van der Waals surface area (Å²) in [7, 11) is 0. The Hall–Kier alpha value is -2.36. The molecule has 2 saturated carbocycles. The van der Waals surface area contributed by atoms with Gasteiger partial charge in [0.15, 0.2) is 6.29 Å². The van der Waals surface area contributed by atoms with E-state index in [-0.39, 0.29) is 23.2 Å². The minimum atomic E-state index is -0.214. The number of rotatable bonds is 4. The fraction of sp³-hybridized carbons (Fsp3) is 0.520. The number of aromatic hydroxyl groups is 1. The van der Waals surface area contributed by atoms with E-state index in [9.17, 15) is 14.7 Å². The highest BCUT2D eigenvalue weighted by molar-refractivity contribution is 6.00. The summed E-state index contributed by atoms with van der Waals surface area (Å²) in [5, 5.41) is 11.4. The molecule has 4 nitrogen and oxygen atoms in total. The molecule has 0 unspecified atom stereocenters. The molecule has 2 aromatic rings. The van der Waals surface area contributed by atoms with Gasteiger partial charge in [-0.1, -0.05) is 44.0 Å². The number of phenols is 1. The number of hydrogen-bond acceptors (Lipinski definition) is 4. The van der Waals surface area contributed by atoms with Gasteiger partial charge in [-0.15, -0.1) is 0 Å². The number of fused-ring (bicyclic) bond motifs is 1. The van der Waals surface area contributed by atoms with Gasteiger partial charge in [-0.2, -0.15) is 0 Å². The molecule has 2 aromatic carbocycles. The number of hydrogen-bond donors (Lipinski definition) is 1. The largest absolute Gasteiger partial charge is 0.507 e. The van der Waals surface area contributed by atoms with Crippen LogP contribution in [0.1, 0.15) is 68.6 Å². The molecule has 29 heavy (non-hydrogen) atoms. The van der Waals surface area contributed by atoms with Crippen molar-refractivity contribution in [2.45, 2.75) is 58.3 Å². The molecule has 0 aromatic heterocycles. The highest BCUT2D eigenvalue weighted by atomic mass is 16.5. The van der Waals surface area contributed by atoms with Gasteiger partial charge in [0.2, 0.25) is 0 Å². The van der Waals surface area contributed by atoms with Crippen LogP contribution in [0.2, 0.25) is 0 Å². The summed E-state index contributed by atoms with van der Waals surface area (Å²) in [5.41, 5.74) is 0.140. The van der Waals surface area contributed by atoms with Crippen LogP contribution in [0.5, 0.6) is 11.5 Å². The predicted molar refractivity (Wildman–Crippen MR) is 113 cm³/mol. The van der Waals surface area contributed by atoms with E-state index in [1.807, 2.05) is 6.07 Å². The Bertz CT molecular complexity index is 887. The molecule has 0 atom stereocenters. The molecule has 0 heterocycles. The lowest BCUT2D eigenvalue weighted by molar-refractivity contribution is -0.140. The van der Waals surface area contributed by atoms with Gasteiger partial charge in [-0.3, -0.25) is 9.59 Å². The van der Waals surface area contributed by atoms with Crippen molar-refractivity contribution in [1.82, 2.24) is 0 Å². The van der Waals surface area contributed by atoms with Crippen molar-refractivity contribution in [2.75, 3.05) is 0 Å². The fourth-order valence-electron chi connectivity index (χ4n) is 5.30. The molecule has 4 heteroatoms. The Labute approximate surface area is 172 Å². The zero-order chi connectivity index (χ0) is 20.4. The predicted octanol–water partition coefficient (Wildman–Crippen LogP) is 5.90. The molecule has 0 bridgehead atoms. The first-order valence-electron chi connectivity index (χ1n) is 11.0. The number of esters is 1. The van der Waals surface area contributed by atoms with E-state index < -0.39 is 0 Å². The standard InChI is InChI=1S/C25H30O4/c1-16-6-8-17(9-7-16)18-10-12-19(13-11-18)25(28)29-23-14-20(15-26)24(27)22-5-3-2-4-21(22)23/h2-5,14-19,27H,6-13H2,1H3. The average molecular weight is 395 g/mol. The minimum Gasteiger partial charge on any atom is -0.507 e. The van der Waals surface area contributed by atoms with E-state index in [2.05, 4.69) is 6.92 Å². The van der Waals surface area contributed by atoms with Gasteiger partial charge in [0.1, 0.15) is 11.5 Å². The number of benzene rings is 2. The van der Waals surface area contributed by atoms with Crippen LogP contribution in [-0.2, 0) is 4.79 Å². The van der Waals surface area contributed by atoms with Crippen molar-refractivity contribution in [1.29, 1.82) is 0 Å². The maximum absolute atomic E-state index is 12.8. The van der Waals surface area contributed by atoms with Gasteiger partial charge < -0.3 is 9.84 Å². The summed E-state index contributed by atoms with van der Waals surface area (Å²) >= 11 is 0. The molecule has 154 valence electrons. The third-order valence-electron chi connectivity index (χ3n) is 7.18. The van der Waals surface area contributed by atoms with Gasteiger partial charge in [-0.25, -0.2) is 0 Å². The van der Waals surface area contributed by atoms with E-state index in [1.54, 1.807) is 18.2 Å². The van der Waals surface area contributed by atoms with Gasteiger partial charge in [-0.05, 0) is 62.3 Å². The second-order valence-corrected chi connectivity index (χ2v) is 9.03. The lowest BCUT2D eigenvalue weighted by Crippen LogP contribution is -2.29. The zero-order valence-corrected chi connectivity index (χ0v) is 17.1. The lowest BCUT2D eigenvalue weighted by atomic mass is 9.69. The van der Waals surface area contributed by atoms with Crippen LogP contribution in [0.3, 0.4) is 0 Å². The maximum atomic E-state index is 12.8. The first kappa shape index (κ1) is 19.9. The Kier molecular flexibility index (Phi) is 5.89. The van der Waals surface area contributed by atoms with Gasteiger partial charge >= 0.3 is 5.97 Å². The molecule has 0 spiro atoms. The van der Waals surface area contributed by atoms with E-state index in [0.717, 1.165) is 43.4 Å². The quantitative estimate of drug-likeness (QED) is 0.399. The lowest BCUT2D eigenvalue weighted by Gasteiger charge is -2.36. The van der Waals surface area contributed by atoms with Crippen LogP contribution in [-0.4, -0.2) is 17.4 Å². The summed E-state index contributed by atoms with van der Waals surface area (Å²) in [6.45, 7) is 2.35. The van der Waals surface area contributed by atoms with Crippen molar-refractivity contribution in [3.8, 4) is 11.5 Å². The first-order chi connectivity index (χ1) is 14.1. The van der Waals surface area contributed by atoms with E-state index in [1.165, 1.54) is 31.7 Å². The normalized spacial score (nSPS) is 27.5. The van der Waals surface area contributed by atoms with Crippen molar-refractivity contribution < 1.29 is 19.4 Å². The molecule has 1 N–H and O–H groups in total. The van der Waals surface area contributed by atoms with E-state index in [0.29, 0.717) is 22.8 Å². The van der Waals surface area contributed by atoms with Gasteiger partial charge in [0.25, 0.3) is 0 Å². The zero-order valence-electron chi connectivity index (χ0n) is 17.1. The maximum Gasteiger partial charge on any atom is 0.314 e. The summed E-state index contributed by atoms with van der Waals surface area (Å²) in [6, 6.07) is 8.61. The highest BCUT2D eigenvalue weighted by Crippen LogP contribution is 2.42. The summed E-state index contributed by atoms with van der Waals surface area (Å²) in [4.78, 5) is 24.2. The second-order valence-electron chi connectivity index (χ2n) is 9.03. The Morgan fingerprint density at radius 2 is 1.55 bits per heavy atom. The van der Waals surface area contributed by atoms with Gasteiger partial charge in [0.05, 0.1) is 11.5 Å². The van der Waals surface area contributed by atoms with Crippen LogP contribution in [0.25, 0.3) is 10.8 Å². The van der Waals surface area contributed by atoms with Crippen molar-refractivity contribution >= 4 is 23.0 Å². The van der Waals surface area contributed by atoms with E-state index >= 15 is 0 Å². The number of aldehydes is 1. The summed E-state index contributed by atoms with van der Waals surface area (Å²) in [5.74, 6) is 2.44. The Balaban J connectivity index is 1.43. The topological polar surface area (TPSA) is 63.6 Å². The first-order valence-corrected chi connectivity index (χ1v) is 11.0. The van der Waals surface area contributed by atoms with Gasteiger partial charge in [0, 0.05) is 10.8 Å². The monoisotopic (exact) mass is 394 g/mol. The molecule has 2 aliphatic carbocycles. The second kappa shape index (κ2) is 8.56. The van der Waals surface area contributed by atoms with E-state index in [4.69, 9.17) is 4.74 Å². The highest BCUT2D eigenvalue weighted by Gasteiger charge is 2.33. The van der Waals surface area contributed by atoms with Crippen LogP contribution >= 0.6 is 0 Å². The molecular formula is C25H30O4. The van der Waals surface area contributed by atoms with Crippen molar-refractivity contribution in [3.63, 3.8) is 0 Å². The average Bonchev–Trinajstić information content (AvgIpc) is 2.76. The Morgan fingerprint density at radius 3 is 2.17 bits per heavy atom. The SMILES string of the molecule is CC1CCC(C2CCC(C(=O)Oc3cc(C=O)c(O)c4ccccc34)CC2)CC1. The third kappa shape index (κ3) is 4.17. The molecule has 0 amide bonds. The summed E-state index contributed by atoms with van der Waals surface area (Å²) < 4.78 is 5.75. The minimum absolute atomic E-state index is 0.0716. The molecule has 2 fully saturated rings. The van der Waals surface area contributed by atoms with Crippen molar-refractivity contribution in [2.24, 2.45) is 23.7 Å². The molecule has 0 radical (unpaired) electrons.